The van der Waals surface area contributed by atoms with Crippen molar-refractivity contribution in [1.82, 2.24) is 30.7 Å². The van der Waals surface area contributed by atoms with Gasteiger partial charge in [0.15, 0.2) is 47.7 Å². The molecule has 10 aliphatic heterocycles. The lowest BCUT2D eigenvalue weighted by molar-refractivity contribution is -0.334. The van der Waals surface area contributed by atoms with Crippen LogP contribution in [0.1, 0.15) is 142 Å². The van der Waals surface area contributed by atoms with Gasteiger partial charge in [0.2, 0.25) is 0 Å². The van der Waals surface area contributed by atoms with Crippen LogP contribution in [0.4, 0.5) is 31.5 Å². The van der Waals surface area contributed by atoms with Crippen LogP contribution in [-0.2, 0) is 76.8 Å². The SMILES string of the molecule is CC.CC.CC.CC.CC.CC1(C)O[C@@H]([C@H](F)c2ccccc2)[C@@H]2OC(=O)C=C[C@@H]2O1.O=C1C=C[C@@H]2NC(=S)N[C@@H]([C@H](F)c3ccccc3)[C@@H]2O1.O=C1C=C[C@@H]2NS(=O)(=O)N[C@@H]([C@H](F)c3ccccc3)[C@@H]2O1.O=C1C=C[C@@H]2OC(=O)O[C@@H]([C@H](F)c3ccccc3)[C@@H]2O1.O=C1N[C@@H]([C@H](F)c2ccccc2)[C@@H]2OC(=O)C=C[C@@H]2N1. The van der Waals surface area contributed by atoms with Gasteiger partial charge in [-0.15, -0.1) is 0 Å². The number of carbonyl (C=O) groups is 7. The predicted octanol–water partition coefficient (Wildman–Crippen LogP) is 12.9. The topological polar surface area (TPSA) is 309 Å². The molecule has 10 aliphatic rings. The van der Waals surface area contributed by atoms with Crippen LogP contribution in [0.25, 0.3) is 0 Å². The van der Waals surface area contributed by atoms with Crippen molar-refractivity contribution in [3.63, 3.8) is 0 Å². The molecule has 0 saturated carbocycles. The maximum Gasteiger partial charge on any atom is 0.509 e. The molecule has 606 valence electrons. The van der Waals surface area contributed by atoms with E-state index < -0.39 is 174 Å². The molecule has 15 rings (SSSR count). The largest absolute Gasteiger partial charge is 0.509 e. The standard InChI is InChI=1S/C16H17FO4.C14H13FN2O3.C14H13FN2O2S.C14H11FO5.C13H13FN2O4S.5C2H6/c1-16(2)20-11-8-9-12(18)19-14(11)15(21-16)13(17)10-6-4-3-5-7-10;15-11(8-4-2-1-3-5-8)12-13-9(16-14(19)17-12)6-7-10(18)20-13;15-11(8-4-2-1-3-5-8)12-13-9(16-14(20)17-12)6-7-10(18)19-13;15-11(8-4-2-1-3-5-8)13-12-9(18-14(17)20-13)6-7-10(16)19-12;14-11(8-4-2-1-3-5-8)12-13-9(6-7-10(17)20-13)15-21(18,19)16-12;5*1-2/h3-9,11,13-15H,1-2H3;1-7,9,11-13H,(H2,16,17,19);1-7,9,11-13H,(H2,16,17,20);1-7,9,11-13H;1-7,9,11-13,15-16H;5*1-2H3/t11-,13+,14+,15-;2*9-,11+,12-,13+;9-,11+,12+,13-;9-,11+,12-,13+;;;;;/m00000...../s1. The number of hydrogen-bond acceptors (Lipinski definition) is 19. The van der Waals surface area contributed by atoms with E-state index in [1.54, 1.807) is 166 Å². The molecule has 6 N–H and O–H groups in total. The minimum absolute atomic E-state index is 0.298. The van der Waals surface area contributed by atoms with Gasteiger partial charge in [0, 0.05) is 30.4 Å². The molecule has 0 bridgehead atoms. The number of rotatable bonds is 10. The number of cyclic esters (lactones) is 1. The number of nitrogens with one attached hydrogen (secondary N) is 6. The van der Waals surface area contributed by atoms with Crippen molar-refractivity contribution in [3.05, 3.63) is 240 Å². The molecule has 5 saturated heterocycles. The van der Waals surface area contributed by atoms with Gasteiger partial charge in [-0.05, 0) is 66.0 Å². The molecule has 0 unspecified atom stereocenters. The molecule has 0 aromatic heterocycles. The summed E-state index contributed by atoms with van der Waals surface area (Å²) in [5, 5.41) is 11.3. The van der Waals surface area contributed by atoms with Crippen molar-refractivity contribution >= 4 is 69.6 Å². The first-order valence-electron chi connectivity index (χ1n) is 36.9. The van der Waals surface area contributed by atoms with Crippen LogP contribution in [0.3, 0.4) is 0 Å². The van der Waals surface area contributed by atoms with Crippen molar-refractivity contribution < 1.29 is 107 Å². The fraction of sp³-hybridized carbons (Fsp3) is 0.407. The number of halogens is 5. The van der Waals surface area contributed by atoms with Crippen LogP contribution in [0, 0.1) is 0 Å². The van der Waals surface area contributed by atoms with Crippen LogP contribution in [0.2, 0.25) is 0 Å². The second-order valence-corrected chi connectivity index (χ2v) is 26.4. The minimum Gasteiger partial charge on any atom is -0.455 e. The lowest BCUT2D eigenvalue weighted by Crippen LogP contribution is -2.65. The number of benzene rings is 5. The molecule has 5 fully saturated rings. The number of ether oxygens (including phenoxy) is 9. The highest BCUT2D eigenvalue weighted by Crippen LogP contribution is 2.40. The second-order valence-electron chi connectivity index (χ2n) is 24.5. The third-order valence-electron chi connectivity index (χ3n) is 17.0. The molecule has 0 radical (unpaired) electrons. The van der Waals surface area contributed by atoms with E-state index in [2.05, 4.69) is 30.7 Å². The number of hydrogen-bond donors (Lipinski definition) is 6. The molecule has 20 atom stereocenters. The zero-order valence-electron chi connectivity index (χ0n) is 63.8. The fourth-order valence-corrected chi connectivity index (χ4v) is 13.9. The van der Waals surface area contributed by atoms with Crippen molar-refractivity contribution in [2.45, 2.75) is 211 Å². The van der Waals surface area contributed by atoms with Crippen LogP contribution >= 0.6 is 12.2 Å². The lowest BCUT2D eigenvalue weighted by Gasteiger charge is -2.46. The van der Waals surface area contributed by atoms with E-state index in [1.807, 2.05) is 81.4 Å². The Kier molecular flexibility index (Phi) is 35.8. The average molecular weight is 1600 g/mol. The molecule has 24 nitrogen and oxygen atoms in total. The number of urea groups is 1. The van der Waals surface area contributed by atoms with Crippen molar-refractivity contribution in [2.24, 2.45) is 0 Å². The number of amides is 2. The molecular weight excluding hydrogens is 1500 g/mol. The highest BCUT2D eigenvalue weighted by Gasteiger charge is 2.52. The Bertz CT molecular complexity index is 3900. The Morgan fingerprint density at radius 3 is 1.09 bits per heavy atom. The first-order valence-corrected chi connectivity index (χ1v) is 38.8. The van der Waals surface area contributed by atoms with E-state index in [0.29, 0.717) is 32.9 Å². The summed E-state index contributed by atoms with van der Waals surface area (Å²) in [6.07, 6.45) is -2.25. The Morgan fingerprint density at radius 2 is 0.670 bits per heavy atom. The van der Waals surface area contributed by atoms with Gasteiger partial charge < -0.3 is 63.9 Å². The van der Waals surface area contributed by atoms with Gasteiger partial charge >= 0.3 is 42.0 Å². The summed E-state index contributed by atoms with van der Waals surface area (Å²) in [4.78, 5) is 79.7. The highest BCUT2D eigenvalue weighted by molar-refractivity contribution is 7.87. The smallest absolute Gasteiger partial charge is 0.455 e. The average Bonchev–Trinajstić information content (AvgIpc) is 0.788. The van der Waals surface area contributed by atoms with Gasteiger partial charge in [-0.1, -0.05) is 239 Å². The van der Waals surface area contributed by atoms with Crippen molar-refractivity contribution in [2.75, 3.05) is 0 Å². The van der Waals surface area contributed by atoms with Gasteiger partial charge in [-0.25, -0.2) is 55.5 Å². The molecule has 0 aliphatic carbocycles. The Morgan fingerprint density at radius 1 is 0.348 bits per heavy atom. The molecule has 112 heavy (non-hydrogen) atoms. The summed E-state index contributed by atoms with van der Waals surface area (Å²) in [6.45, 7) is 23.4. The maximum absolute atomic E-state index is 14.9. The number of fused-ring (bicyclic) bond motifs is 5. The molecular formula is C81H97F5N6O18S2. The Balaban J connectivity index is 0.000000212. The number of thiocarbonyl (C=S) groups is 1. The Hall–Kier alpha value is -10.2. The second kappa shape index (κ2) is 44.2. The first kappa shape index (κ1) is 90.7. The van der Waals surface area contributed by atoms with Gasteiger partial charge in [-0.2, -0.15) is 17.9 Å². The molecule has 10 heterocycles. The van der Waals surface area contributed by atoms with Gasteiger partial charge in [0.1, 0.15) is 61.1 Å². The molecule has 2 amide bonds. The van der Waals surface area contributed by atoms with E-state index in [0.717, 1.165) is 12.2 Å². The van der Waals surface area contributed by atoms with E-state index in [-0.39, 0.29) is 6.04 Å². The minimum atomic E-state index is -3.86. The third kappa shape index (κ3) is 24.7. The van der Waals surface area contributed by atoms with Crippen LogP contribution in [0.15, 0.2) is 212 Å². The van der Waals surface area contributed by atoms with E-state index in [1.165, 1.54) is 36.5 Å². The molecule has 5 aromatic carbocycles. The third-order valence-corrected chi connectivity index (χ3v) is 18.4. The lowest BCUT2D eigenvalue weighted by atomic mass is 9.91. The monoisotopic (exact) mass is 1600 g/mol. The molecule has 31 heteroatoms. The Labute approximate surface area is 654 Å². The number of carbonyl (C=O) groups excluding carboxylic acids is 7. The van der Waals surface area contributed by atoms with E-state index in [4.69, 9.17) is 54.8 Å². The summed E-state index contributed by atoms with van der Waals surface area (Å²) in [5.74, 6) is -3.68. The quantitative estimate of drug-likeness (QED) is 0.0327. The zero-order chi connectivity index (χ0) is 82.4. The summed E-state index contributed by atoms with van der Waals surface area (Å²) in [5.41, 5.74) is 2.11. The highest BCUT2D eigenvalue weighted by atomic mass is 32.2. The van der Waals surface area contributed by atoms with Gasteiger partial charge in [0.25, 0.3) is 10.2 Å². The van der Waals surface area contributed by atoms with Crippen molar-refractivity contribution in [1.29, 1.82) is 0 Å². The van der Waals surface area contributed by atoms with Crippen LogP contribution < -0.4 is 30.7 Å². The van der Waals surface area contributed by atoms with Gasteiger partial charge in [0.05, 0.1) is 24.2 Å². The predicted molar refractivity (Wildman–Crippen MR) is 411 cm³/mol. The van der Waals surface area contributed by atoms with E-state index >= 15 is 0 Å². The molecule has 0 spiro atoms. The van der Waals surface area contributed by atoms with Crippen LogP contribution in [0.5, 0.6) is 0 Å². The summed E-state index contributed by atoms with van der Waals surface area (Å²) in [6, 6.07) is 37.5. The summed E-state index contributed by atoms with van der Waals surface area (Å²) < 4.78 is 148. The summed E-state index contributed by atoms with van der Waals surface area (Å²) in [7, 11) is -3.86. The summed E-state index contributed by atoms with van der Waals surface area (Å²) >= 11 is 5.09. The van der Waals surface area contributed by atoms with E-state index in [9.17, 15) is 63.9 Å². The van der Waals surface area contributed by atoms with Crippen LogP contribution in [-0.4, -0.2) is 153 Å². The normalized spacial score (nSPS) is 28.2. The van der Waals surface area contributed by atoms with Crippen molar-refractivity contribution in [3.8, 4) is 0 Å². The maximum atomic E-state index is 14.9. The number of esters is 5. The number of alkyl halides is 5. The molecule has 5 aromatic rings. The fourth-order valence-electron chi connectivity index (χ4n) is 12.4. The first-order chi connectivity index (χ1) is 53.9. The zero-order valence-corrected chi connectivity index (χ0v) is 65.4. The van der Waals surface area contributed by atoms with Gasteiger partial charge in [-0.3, -0.25) is 0 Å².